The van der Waals surface area contributed by atoms with Gasteiger partial charge in [-0.15, -0.1) is 0 Å². The highest BCUT2D eigenvalue weighted by Crippen LogP contribution is 2.58. The minimum atomic E-state index is -0.606. The van der Waals surface area contributed by atoms with Crippen LogP contribution < -0.4 is 10.9 Å². The van der Waals surface area contributed by atoms with Gasteiger partial charge in [0, 0.05) is 5.69 Å². The second-order valence-corrected chi connectivity index (χ2v) is 10.0. The highest BCUT2D eigenvalue weighted by Gasteiger charge is 2.53. The first kappa shape index (κ1) is 21.9. The Morgan fingerprint density at radius 1 is 1.00 bits per heavy atom. The molecule has 8 nitrogen and oxygen atoms in total. The van der Waals surface area contributed by atoms with Crippen molar-refractivity contribution >= 4 is 34.9 Å². The van der Waals surface area contributed by atoms with Gasteiger partial charge in [0.1, 0.15) is 5.02 Å². The van der Waals surface area contributed by atoms with E-state index in [0.717, 1.165) is 19.3 Å². The highest BCUT2D eigenvalue weighted by atomic mass is 35.5. The molecule has 1 aromatic carbocycles. The molecule has 4 aliphatic carbocycles. The maximum atomic E-state index is 13.3. The van der Waals surface area contributed by atoms with E-state index < -0.39 is 11.9 Å². The van der Waals surface area contributed by atoms with Gasteiger partial charge in [-0.3, -0.25) is 4.79 Å². The van der Waals surface area contributed by atoms with E-state index in [0.29, 0.717) is 29.1 Å². The Kier molecular flexibility index (Phi) is 5.43. The summed E-state index contributed by atoms with van der Waals surface area (Å²) < 4.78 is 11.2. The van der Waals surface area contributed by atoms with Crippen LogP contribution in [0.2, 0.25) is 5.02 Å². The van der Waals surface area contributed by atoms with Gasteiger partial charge in [0.15, 0.2) is 0 Å². The molecule has 9 heteroatoms. The number of esters is 2. The molecular formula is C24H26ClN3O5. The van der Waals surface area contributed by atoms with Gasteiger partial charge >= 0.3 is 11.9 Å². The first-order chi connectivity index (χ1) is 15.8. The largest absolute Gasteiger partial charge is 0.465 e. The van der Waals surface area contributed by atoms with Gasteiger partial charge in [0.05, 0.1) is 42.8 Å². The molecule has 33 heavy (non-hydrogen) atoms. The second kappa shape index (κ2) is 8.17. The van der Waals surface area contributed by atoms with Crippen LogP contribution in [0.1, 0.15) is 59.2 Å². The molecule has 0 atom stereocenters. The van der Waals surface area contributed by atoms with Crippen molar-refractivity contribution in [2.75, 3.05) is 19.5 Å². The Hall–Kier alpha value is -2.87. The molecule has 4 saturated carbocycles. The Labute approximate surface area is 196 Å². The molecule has 2 aromatic rings. The predicted octanol–water partition coefficient (Wildman–Crippen LogP) is 4.14. The van der Waals surface area contributed by atoms with Crippen LogP contribution in [0.25, 0.3) is 0 Å². The van der Waals surface area contributed by atoms with E-state index in [2.05, 4.69) is 10.4 Å². The van der Waals surface area contributed by atoms with Crippen molar-refractivity contribution in [3.63, 3.8) is 0 Å². The van der Waals surface area contributed by atoms with E-state index in [1.54, 1.807) is 10.9 Å². The van der Waals surface area contributed by atoms with Crippen LogP contribution in [0.15, 0.2) is 29.2 Å². The minimum Gasteiger partial charge on any atom is -0.465 e. The van der Waals surface area contributed by atoms with Gasteiger partial charge in [-0.05, 0) is 74.5 Å². The molecule has 0 amide bonds. The number of hydrogen-bond acceptors (Lipinski definition) is 7. The fourth-order valence-electron chi connectivity index (χ4n) is 6.51. The van der Waals surface area contributed by atoms with Gasteiger partial charge in [0.2, 0.25) is 0 Å². The van der Waals surface area contributed by atoms with Crippen LogP contribution in [-0.4, -0.2) is 35.9 Å². The number of nitrogens with zero attached hydrogens (tertiary/aromatic N) is 2. The maximum Gasteiger partial charge on any atom is 0.337 e. The summed E-state index contributed by atoms with van der Waals surface area (Å²) in [7, 11) is 2.51. The predicted molar refractivity (Wildman–Crippen MR) is 122 cm³/mol. The van der Waals surface area contributed by atoms with Gasteiger partial charge in [-0.1, -0.05) is 11.6 Å². The van der Waals surface area contributed by atoms with Crippen LogP contribution in [-0.2, 0) is 15.0 Å². The Balaban J connectivity index is 1.48. The fraction of sp³-hybridized carbons (Fsp3) is 0.500. The number of methoxy groups -OCH3 is 2. The average Bonchev–Trinajstić information content (AvgIpc) is 2.79. The molecule has 6 rings (SSSR count). The number of aromatic nitrogens is 2. The zero-order valence-corrected chi connectivity index (χ0v) is 19.4. The van der Waals surface area contributed by atoms with E-state index in [9.17, 15) is 14.4 Å². The zero-order valence-electron chi connectivity index (χ0n) is 18.6. The van der Waals surface area contributed by atoms with Crippen molar-refractivity contribution < 1.29 is 19.1 Å². The van der Waals surface area contributed by atoms with Crippen LogP contribution in [0, 0.1) is 17.8 Å². The molecule has 0 saturated heterocycles. The molecule has 4 bridgehead atoms. The Bertz CT molecular complexity index is 1120. The monoisotopic (exact) mass is 471 g/mol. The molecule has 1 N–H and O–H groups in total. The lowest BCUT2D eigenvalue weighted by Gasteiger charge is -2.56. The third-order valence-corrected chi connectivity index (χ3v) is 7.79. The van der Waals surface area contributed by atoms with Crippen molar-refractivity contribution in [1.29, 1.82) is 0 Å². The molecular weight excluding hydrogens is 446 g/mol. The lowest BCUT2D eigenvalue weighted by molar-refractivity contribution is -0.0518. The van der Waals surface area contributed by atoms with Crippen LogP contribution in [0.3, 0.4) is 0 Å². The zero-order chi connectivity index (χ0) is 23.3. The van der Waals surface area contributed by atoms with Crippen molar-refractivity contribution in [2.45, 2.75) is 44.1 Å². The lowest BCUT2D eigenvalue weighted by atomic mass is 9.53. The molecule has 4 aliphatic rings. The van der Waals surface area contributed by atoms with Crippen LogP contribution in [0.4, 0.5) is 11.4 Å². The summed E-state index contributed by atoms with van der Waals surface area (Å²) in [6.45, 7) is 0. The minimum absolute atomic E-state index is 0.0313. The summed E-state index contributed by atoms with van der Waals surface area (Å²) >= 11 is 6.53. The highest BCUT2D eigenvalue weighted by molar-refractivity contribution is 6.33. The summed E-state index contributed by atoms with van der Waals surface area (Å²) in [6, 6.07) is 4.41. The van der Waals surface area contributed by atoms with E-state index in [1.807, 2.05) is 0 Å². The Morgan fingerprint density at radius 3 is 2.00 bits per heavy atom. The number of carbonyl (C=O) groups excluding carboxylic acids is 2. The lowest BCUT2D eigenvalue weighted by Crippen LogP contribution is -2.55. The maximum absolute atomic E-state index is 13.3. The first-order valence-corrected chi connectivity index (χ1v) is 11.6. The number of anilines is 2. The van der Waals surface area contributed by atoms with E-state index in [4.69, 9.17) is 21.1 Å². The van der Waals surface area contributed by atoms with Gasteiger partial charge < -0.3 is 14.8 Å². The van der Waals surface area contributed by atoms with E-state index >= 15 is 0 Å². The number of ether oxygens (including phenoxy) is 2. The second-order valence-electron chi connectivity index (χ2n) is 9.64. The van der Waals surface area contributed by atoms with Gasteiger partial charge in [0.25, 0.3) is 5.56 Å². The van der Waals surface area contributed by atoms with Gasteiger partial charge in [-0.25, -0.2) is 14.3 Å². The molecule has 174 valence electrons. The Morgan fingerprint density at radius 2 is 1.52 bits per heavy atom. The molecule has 0 radical (unpaired) electrons. The van der Waals surface area contributed by atoms with Gasteiger partial charge in [-0.2, -0.15) is 5.10 Å². The number of nitrogens with one attached hydrogen (secondary N) is 1. The smallest absolute Gasteiger partial charge is 0.337 e. The van der Waals surface area contributed by atoms with E-state index in [-0.39, 0.29) is 27.2 Å². The third-order valence-electron chi connectivity index (χ3n) is 7.43. The number of rotatable bonds is 5. The number of halogens is 1. The first-order valence-electron chi connectivity index (χ1n) is 11.2. The summed E-state index contributed by atoms with van der Waals surface area (Å²) in [5.41, 5.74) is 0.453. The van der Waals surface area contributed by atoms with Crippen LogP contribution >= 0.6 is 11.6 Å². The normalized spacial score (nSPS) is 27.3. The standard InChI is InChI=1S/C24H26ClN3O5/c1-32-22(30)16-6-17(23(31)33-2)8-18(7-16)27-19-12-26-28(21(29)20(19)25)24-9-13-3-14(10-24)5-15(4-13)11-24/h6-8,12-15,27H,3-5,9-11H2,1-2H3. The SMILES string of the molecule is COC(=O)c1cc(Nc2cnn(C34CC5CC(CC(C5)C3)C4)c(=O)c2Cl)cc(C(=O)OC)c1. The van der Waals surface area contributed by atoms with Crippen molar-refractivity contribution in [3.05, 3.63) is 50.9 Å². The number of carbonyl (C=O) groups is 2. The van der Waals surface area contributed by atoms with Crippen molar-refractivity contribution in [2.24, 2.45) is 17.8 Å². The van der Waals surface area contributed by atoms with Crippen molar-refractivity contribution in [1.82, 2.24) is 9.78 Å². The molecule has 1 heterocycles. The molecule has 0 aliphatic heterocycles. The molecule has 0 unspecified atom stereocenters. The third kappa shape index (κ3) is 3.80. The molecule has 1 aromatic heterocycles. The summed E-state index contributed by atoms with van der Waals surface area (Å²) in [6.07, 6.45) is 8.29. The summed E-state index contributed by atoms with van der Waals surface area (Å²) in [4.78, 5) is 37.4. The molecule has 0 spiro atoms. The van der Waals surface area contributed by atoms with Crippen molar-refractivity contribution in [3.8, 4) is 0 Å². The fourth-order valence-corrected chi connectivity index (χ4v) is 6.68. The van der Waals surface area contributed by atoms with E-state index in [1.165, 1.54) is 51.7 Å². The molecule has 4 fully saturated rings. The van der Waals surface area contributed by atoms with Crippen LogP contribution in [0.5, 0.6) is 0 Å². The quantitative estimate of drug-likeness (QED) is 0.654. The number of hydrogen-bond donors (Lipinski definition) is 1. The summed E-state index contributed by atoms with van der Waals surface area (Å²) in [5.74, 6) is 0.786. The number of benzene rings is 1. The summed E-state index contributed by atoms with van der Waals surface area (Å²) in [5, 5.41) is 7.61. The topological polar surface area (TPSA) is 99.5 Å². The average molecular weight is 472 g/mol.